The molecule has 1 amide bonds. The van der Waals surface area contributed by atoms with E-state index in [-0.39, 0.29) is 11.7 Å². The molecule has 0 aromatic carbocycles. The fraction of sp³-hybridized carbons (Fsp3) is 0.950. The van der Waals surface area contributed by atoms with Crippen LogP contribution < -0.4 is 0 Å². The Morgan fingerprint density at radius 2 is 2.08 bits per heavy atom. The lowest BCUT2D eigenvalue weighted by Crippen LogP contribution is -2.48. The molecule has 0 N–H and O–H groups in total. The topological polar surface area (TPSA) is 45.2 Å². The van der Waals surface area contributed by atoms with E-state index in [9.17, 15) is 4.79 Å². The number of rotatable bonds is 8. The minimum absolute atomic E-state index is 0.103. The predicted octanol–water partition coefficient (Wildman–Crippen LogP) is 2.29. The van der Waals surface area contributed by atoms with Gasteiger partial charge in [-0.15, -0.1) is 0 Å². The maximum Gasteiger partial charge on any atom is 0.410 e. The second kappa shape index (κ2) is 8.89. The third kappa shape index (κ3) is 5.33. The van der Waals surface area contributed by atoms with E-state index in [2.05, 4.69) is 30.7 Å². The van der Waals surface area contributed by atoms with E-state index in [1.807, 2.05) is 4.90 Å². The molecule has 3 aliphatic rings. The van der Waals surface area contributed by atoms with Crippen molar-refractivity contribution in [3.63, 3.8) is 0 Å². The highest BCUT2D eigenvalue weighted by atomic mass is 16.6. The summed E-state index contributed by atoms with van der Waals surface area (Å²) >= 11 is 0. The normalized spacial score (nSPS) is 26.4. The number of hydrogen-bond donors (Lipinski definition) is 0. The van der Waals surface area contributed by atoms with Crippen LogP contribution in [0, 0.1) is 11.8 Å². The average molecular weight is 368 g/mol. The first-order valence-electron chi connectivity index (χ1n) is 10.4. The quantitative estimate of drug-likeness (QED) is 0.659. The summed E-state index contributed by atoms with van der Waals surface area (Å²) in [5, 5.41) is 0. The Balaban J connectivity index is 1.38. The van der Waals surface area contributed by atoms with Crippen LogP contribution in [0.2, 0.25) is 0 Å². The summed E-state index contributed by atoms with van der Waals surface area (Å²) in [6.45, 7) is 13.2. The van der Waals surface area contributed by atoms with Gasteiger partial charge in [0.2, 0.25) is 0 Å². The zero-order chi connectivity index (χ0) is 18.6. The molecule has 6 heteroatoms. The zero-order valence-electron chi connectivity index (χ0n) is 16.9. The zero-order valence-corrected chi connectivity index (χ0v) is 16.9. The van der Waals surface area contributed by atoms with Gasteiger partial charge in [-0.05, 0) is 38.3 Å². The number of ether oxygens (including phenoxy) is 2. The van der Waals surface area contributed by atoms with E-state index in [1.54, 1.807) is 0 Å². The fourth-order valence-corrected chi connectivity index (χ4v) is 4.61. The Kier molecular flexibility index (Phi) is 6.81. The van der Waals surface area contributed by atoms with Gasteiger partial charge in [0.15, 0.2) is 0 Å². The molecule has 3 saturated heterocycles. The summed E-state index contributed by atoms with van der Waals surface area (Å²) in [7, 11) is 2.16. The van der Waals surface area contributed by atoms with Gasteiger partial charge in [0.1, 0.15) is 5.60 Å². The Labute approximate surface area is 158 Å². The van der Waals surface area contributed by atoms with Crippen molar-refractivity contribution in [2.75, 3.05) is 66.1 Å². The van der Waals surface area contributed by atoms with Crippen molar-refractivity contribution in [3.8, 4) is 0 Å². The second-order valence-corrected chi connectivity index (χ2v) is 9.01. The summed E-state index contributed by atoms with van der Waals surface area (Å²) in [6.07, 6.45) is 4.04. The fourth-order valence-electron chi connectivity index (χ4n) is 4.61. The van der Waals surface area contributed by atoms with Crippen LogP contribution in [0.25, 0.3) is 0 Å². The van der Waals surface area contributed by atoms with Crippen LogP contribution in [-0.2, 0) is 9.47 Å². The first-order valence-corrected chi connectivity index (χ1v) is 10.4. The summed E-state index contributed by atoms with van der Waals surface area (Å²) < 4.78 is 11.4. The minimum Gasteiger partial charge on any atom is -0.441 e. The smallest absolute Gasteiger partial charge is 0.410 e. The molecule has 6 nitrogen and oxygen atoms in total. The molecular formula is C20H37N3O3. The average Bonchev–Trinajstić information content (AvgIpc) is 3.18. The monoisotopic (exact) mass is 367 g/mol. The first-order chi connectivity index (χ1) is 12.5. The molecule has 1 spiro atoms. The molecule has 3 aliphatic heterocycles. The lowest BCUT2D eigenvalue weighted by atomic mass is 9.90. The van der Waals surface area contributed by atoms with Gasteiger partial charge in [-0.1, -0.05) is 13.8 Å². The highest BCUT2D eigenvalue weighted by Crippen LogP contribution is 2.33. The van der Waals surface area contributed by atoms with Crippen molar-refractivity contribution >= 4 is 6.09 Å². The highest BCUT2D eigenvalue weighted by molar-refractivity contribution is 5.70. The Bertz CT molecular complexity index is 457. The predicted molar refractivity (Wildman–Crippen MR) is 102 cm³/mol. The third-order valence-electron chi connectivity index (χ3n) is 5.99. The summed E-state index contributed by atoms with van der Waals surface area (Å²) in [5.74, 6) is 1.37. The van der Waals surface area contributed by atoms with Crippen LogP contribution >= 0.6 is 0 Å². The van der Waals surface area contributed by atoms with E-state index in [0.717, 1.165) is 78.3 Å². The molecule has 1 atom stereocenters. The number of hydrogen-bond acceptors (Lipinski definition) is 5. The lowest BCUT2D eigenvalue weighted by molar-refractivity contribution is -0.00292. The SMILES string of the molecule is CC(C)CN(C)CCCN1CC2(CCN(C[C@H]3CCOC3)CC2)OC1=O. The number of amides is 1. The molecule has 26 heavy (non-hydrogen) atoms. The molecule has 0 saturated carbocycles. The Morgan fingerprint density at radius 3 is 2.73 bits per heavy atom. The van der Waals surface area contributed by atoms with E-state index >= 15 is 0 Å². The molecule has 0 aromatic heterocycles. The second-order valence-electron chi connectivity index (χ2n) is 9.01. The molecule has 0 bridgehead atoms. The van der Waals surface area contributed by atoms with E-state index in [0.29, 0.717) is 11.8 Å². The molecule has 0 radical (unpaired) electrons. The largest absolute Gasteiger partial charge is 0.441 e. The van der Waals surface area contributed by atoms with Crippen molar-refractivity contribution in [3.05, 3.63) is 0 Å². The van der Waals surface area contributed by atoms with Gasteiger partial charge < -0.3 is 24.2 Å². The van der Waals surface area contributed by atoms with Crippen LogP contribution in [-0.4, -0.2) is 92.5 Å². The Morgan fingerprint density at radius 1 is 1.31 bits per heavy atom. The summed E-state index contributed by atoms with van der Waals surface area (Å²) in [4.78, 5) is 19.1. The number of nitrogens with zero attached hydrogens (tertiary/aromatic N) is 3. The number of carbonyl (C=O) groups is 1. The van der Waals surface area contributed by atoms with Crippen molar-refractivity contribution in [2.24, 2.45) is 11.8 Å². The van der Waals surface area contributed by atoms with Gasteiger partial charge in [-0.2, -0.15) is 0 Å². The molecule has 0 aromatic rings. The molecule has 3 heterocycles. The maximum absolute atomic E-state index is 12.3. The van der Waals surface area contributed by atoms with Gasteiger partial charge in [-0.25, -0.2) is 4.79 Å². The Hall–Kier alpha value is -0.850. The summed E-state index contributed by atoms with van der Waals surface area (Å²) in [6, 6.07) is 0. The molecular weight excluding hydrogens is 330 g/mol. The molecule has 3 rings (SSSR count). The third-order valence-corrected chi connectivity index (χ3v) is 5.99. The van der Waals surface area contributed by atoms with E-state index < -0.39 is 0 Å². The van der Waals surface area contributed by atoms with Gasteiger partial charge in [0, 0.05) is 52.2 Å². The van der Waals surface area contributed by atoms with Gasteiger partial charge in [-0.3, -0.25) is 0 Å². The molecule has 0 unspecified atom stereocenters. The first kappa shape index (κ1) is 19.9. The van der Waals surface area contributed by atoms with Gasteiger partial charge >= 0.3 is 6.09 Å². The number of piperidine rings is 1. The highest BCUT2D eigenvalue weighted by Gasteiger charge is 2.46. The van der Waals surface area contributed by atoms with Gasteiger partial charge in [0.25, 0.3) is 0 Å². The van der Waals surface area contributed by atoms with Crippen LogP contribution in [0.5, 0.6) is 0 Å². The molecule has 150 valence electrons. The minimum atomic E-state index is -0.233. The molecule has 3 fully saturated rings. The van der Waals surface area contributed by atoms with E-state index in [1.165, 1.54) is 6.42 Å². The van der Waals surface area contributed by atoms with E-state index in [4.69, 9.17) is 9.47 Å². The number of carbonyl (C=O) groups excluding carboxylic acids is 1. The van der Waals surface area contributed by atoms with Crippen LogP contribution in [0.3, 0.4) is 0 Å². The van der Waals surface area contributed by atoms with Crippen LogP contribution in [0.15, 0.2) is 0 Å². The van der Waals surface area contributed by atoms with Crippen molar-refractivity contribution in [1.29, 1.82) is 0 Å². The standard InChI is InChI=1S/C20H37N3O3/c1-17(2)13-21(3)8-4-9-23-16-20(26-19(23)24)6-10-22(11-7-20)14-18-5-12-25-15-18/h17-18H,4-16H2,1-3H3/t18-/m1/s1. The molecule has 0 aliphatic carbocycles. The summed E-state index contributed by atoms with van der Waals surface area (Å²) in [5.41, 5.74) is -0.233. The number of likely N-dealkylation sites (tertiary alicyclic amines) is 1. The maximum atomic E-state index is 12.3. The van der Waals surface area contributed by atoms with Crippen molar-refractivity contribution < 1.29 is 14.3 Å². The van der Waals surface area contributed by atoms with Crippen LogP contribution in [0.1, 0.15) is 39.5 Å². The van der Waals surface area contributed by atoms with Crippen molar-refractivity contribution in [1.82, 2.24) is 14.7 Å². The van der Waals surface area contributed by atoms with Gasteiger partial charge in [0.05, 0.1) is 13.2 Å². The van der Waals surface area contributed by atoms with Crippen LogP contribution in [0.4, 0.5) is 4.79 Å². The lowest BCUT2D eigenvalue weighted by Gasteiger charge is -2.38. The van der Waals surface area contributed by atoms with Crippen molar-refractivity contribution in [2.45, 2.75) is 45.1 Å².